The Kier molecular flexibility index (Phi) is 5.45. The van der Waals surface area contributed by atoms with Gasteiger partial charge in [-0.15, -0.1) is 0 Å². The summed E-state index contributed by atoms with van der Waals surface area (Å²) < 4.78 is 11.0. The second-order valence-electron chi connectivity index (χ2n) is 6.77. The Bertz CT molecular complexity index is 949. The average Bonchev–Trinajstić information content (AvgIpc) is 3.06. The number of fused-ring (bicyclic) bond motifs is 1. The molecule has 7 nitrogen and oxygen atoms in total. The zero-order valence-corrected chi connectivity index (χ0v) is 15.6. The molecule has 0 bridgehead atoms. The Morgan fingerprint density at radius 1 is 1.18 bits per heavy atom. The number of hydrogen-bond donors (Lipinski definition) is 3. The summed E-state index contributed by atoms with van der Waals surface area (Å²) in [5.41, 5.74) is 9.27. The van der Waals surface area contributed by atoms with Crippen molar-refractivity contribution >= 4 is 22.7 Å². The van der Waals surface area contributed by atoms with E-state index >= 15 is 0 Å². The maximum absolute atomic E-state index is 12.4. The fourth-order valence-corrected chi connectivity index (χ4v) is 3.42. The van der Waals surface area contributed by atoms with Gasteiger partial charge in [0.25, 0.3) is 0 Å². The minimum Gasteiger partial charge on any atom is -0.399 e. The number of rotatable bonds is 5. The number of nitrogens with one attached hydrogen (secondary N) is 2. The molecule has 0 spiro atoms. The maximum Gasteiger partial charge on any atom is 0.413 e. The van der Waals surface area contributed by atoms with Gasteiger partial charge in [0.15, 0.2) is 0 Å². The van der Waals surface area contributed by atoms with Gasteiger partial charge in [0.1, 0.15) is 0 Å². The number of H-pyrrole nitrogens is 1. The quantitative estimate of drug-likeness (QED) is 0.592. The van der Waals surface area contributed by atoms with Crippen molar-refractivity contribution < 1.29 is 14.3 Å². The average molecular weight is 380 g/mol. The van der Waals surface area contributed by atoms with Gasteiger partial charge < -0.3 is 25.5 Å². The number of carbonyl (C=O) groups excluding carboxylic acids is 1. The topological polar surface area (TPSA) is 92.6 Å². The van der Waals surface area contributed by atoms with Crippen molar-refractivity contribution in [2.24, 2.45) is 0 Å². The highest BCUT2D eigenvalue weighted by Gasteiger charge is 2.18. The summed E-state index contributed by atoms with van der Waals surface area (Å²) in [5.74, 6) is 0.413. The number of aromatic amines is 1. The Morgan fingerprint density at radius 3 is 2.75 bits per heavy atom. The van der Waals surface area contributed by atoms with E-state index in [1.165, 1.54) is 0 Å². The first-order chi connectivity index (χ1) is 13.7. The van der Waals surface area contributed by atoms with Crippen LogP contribution in [0.5, 0.6) is 5.88 Å². The standard InChI is InChI=1S/C21H24N4O3/c22-16-6-7-18-17(14-16)19(15-4-2-1-3-5-15)20(24-18)28-21(26)23-8-9-25-10-12-27-13-11-25/h1-7,14,24H,8-13,22H2,(H,23,26). The third kappa shape index (κ3) is 4.11. The van der Waals surface area contributed by atoms with Gasteiger partial charge in [-0.05, 0) is 23.8 Å². The number of benzene rings is 2. The molecule has 146 valence electrons. The van der Waals surface area contributed by atoms with Crippen LogP contribution >= 0.6 is 0 Å². The van der Waals surface area contributed by atoms with Crippen LogP contribution in [0.25, 0.3) is 22.0 Å². The number of hydrogen-bond acceptors (Lipinski definition) is 5. The molecule has 0 unspecified atom stereocenters. The molecule has 7 heteroatoms. The zero-order valence-electron chi connectivity index (χ0n) is 15.6. The lowest BCUT2D eigenvalue weighted by atomic mass is 10.0. The van der Waals surface area contributed by atoms with Crippen molar-refractivity contribution in [2.75, 3.05) is 45.1 Å². The van der Waals surface area contributed by atoms with Crippen molar-refractivity contribution in [1.29, 1.82) is 0 Å². The van der Waals surface area contributed by atoms with E-state index in [1.54, 1.807) is 0 Å². The summed E-state index contributed by atoms with van der Waals surface area (Å²) >= 11 is 0. The lowest BCUT2D eigenvalue weighted by molar-refractivity contribution is 0.0385. The molecule has 1 fully saturated rings. The number of aromatic nitrogens is 1. The molecule has 1 aliphatic rings. The van der Waals surface area contributed by atoms with E-state index in [0.717, 1.165) is 54.9 Å². The van der Waals surface area contributed by atoms with Crippen LogP contribution in [0.2, 0.25) is 0 Å². The summed E-state index contributed by atoms with van der Waals surface area (Å²) in [5, 5.41) is 3.74. The number of amides is 1. The predicted octanol–water partition coefficient (Wildman–Crippen LogP) is 2.84. The van der Waals surface area contributed by atoms with Crippen LogP contribution in [0.4, 0.5) is 10.5 Å². The van der Waals surface area contributed by atoms with Crippen molar-refractivity contribution in [3.05, 3.63) is 48.5 Å². The minimum absolute atomic E-state index is 0.413. The molecule has 2 heterocycles. The van der Waals surface area contributed by atoms with Gasteiger partial charge in [0, 0.05) is 42.8 Å². The monoisotopic (exact) mass is 380 g/mol. The normalized spacial score (nSPS) is 14.9. The highest BCUT2D eigenvalue weighted by atomic mass is 16.6. The van der Waals surface area contributed by atoms with Crippen LogP contribution in [-0.4, -0.2) is 55.4 Å². The second kappa shape index (κ2) is 8.33. The number of nitrogens with two attached hydrogens (primary N) is 1. The van der Waals surface area contributed by atoms with Gasteiger partial charge in [-0.3, -0.25) is 4.90 Å². The fraction of sp³-hybridized carbons (Fsp3) is 0.286. The van der Waals surface area contributed by atoms with Crippen molar-refractivity contribution in [3.63, 3.8) is 0 Å². The van der Waals surface area contributed by atoms with Crippen LogP contribution < -0.4 is 15.8 Å². The highest BCUT2D eigenvalue weighted by Crippen LogP contribution is 2.38. The van der Waals surface area contributed by atoms with Crippen molar-refractivity contribution in [3.8, 4) is 17.0 Å². The van der Waals surface area contributed by atoms with E-state index in [2.05, 4.69) is 15.2 Å². The molecule has 0 radical (unpaired) electrons. The number of carbonyl (C=O) groups is 1. The van der Waals surface area contributed by atoms with E-state index in [4.69, 9.17) is 15.2 Å². The largest absolute Gasteiger partial charge is 0.413 e. The summed E-state index contributed by atoms with van der Waals surface area (Å²) in [4.78, 5) is 17.8. The molecule has 2 aromatic carbocycles. The van der Waals surface area contributed by atoms with Gasteiger partial charge >= 0.3 is 6.09 Å². The predicted molar refractivity (Wildman–Crippen MR) is 109 cm³/mol. The molecule has 1 aliphatic heterocycles. The number of anilines is 1. The van der Waals surface area contributed by atoms with Crippen LogP contribution in [0, 0.1) is 0 Å². The van der Waals surface area contributed by atoms with Gasteiger partial charge in [0.2, 0.25) is 5.88 Å². The molecule has 4 N–H and O–H groups in total. The lowest BCUT2D eigenvalue weighted by Gasteiger charge is -2.26. The third-order valence-electron chi connectivity index (χ3n) is 4.85. The number of morpholine rings is 1. The second-order valence-corrected chi connectivity index (χ2v) is 6.77. The van der Waals surface area contributed by atoms with Crippen molar-refractivity contribution in [1.82, 2.24) is 15.2 Å². The molecule has 28 heavy (non-hydrogen) atoms. The van der Waals surface area contributed by atoms with Crippen LogP contribution in [0.15, 0.2) is 48.5 Å². The molecule has 1 amide bonds. The molecular formula is C21H24N4O3. The molecule has 1 aromatic heterocycles. The van der Waals surface area contributed by atoms with Crippen molar-refractivity contribution in [2.45, 2.75) is 0 Å². The van der Waals surface area contributed by atoms with E-state index in [-0.39, 0.29) is 0 Å². The molecule has 1 saturated heterocycles. The summed E-state index contributed by atoms with van der Waals surface area (Å²) in [6.07, 6.45) is -0.482. The summed E-state index contributed by atoms with van der Waals surface area (Å²) in [6.45, 7) is 4.54. The van der Waals surface area contributed by atoms with E-state index in [9.17, 15) is 4.79 Å². The van der Waals surface area contributed by atoms with E-state index < -0.39 is 6.09 Å². The molecule has 0 saturated carbocycles. The first kappa shape index (κ1) is 18.3. The number of nitrogens with zero attached hydrogens (tertiary/aromatic N) is 1. The summed E-state index contributed by atoms with van der Waals surface area (Å²) in [7, 11) is 0. The van der Waals surface area contributed by atoms with Gasteiger partial charge in [0.05, 0.1) is 18.8 Å². The summed E-state index contributed by atoms with van der Waals surface area (Å²) in [6, 6.07) is 15.4. The SMILES string of the molecule is Nc1ccc2[nH]c(OC(=O)NCCN3CCOCC3)c(-c3ccccc3)c2c1. The van der Waals surface area contributed by atoms with Gasteiger partial charge in [-0.25, -0.2) is 4.79 Å². The zero-order chi connectivity index (χ0) is 19.3. The molecule has 0 aliphatic carbocycles. The lowest BCUT2D eigenvalue weighted by Crippen LogP contribution is -2.41. The third-order valence-corrected chi connectivity index (χ3v) is 4.85. The molecular weight excluding hydrogens is 356 g/mol. The maximum atomic E-state index is 12.4. The number of nitrogen functional groups attached to an aromatic ring is 1. The van der Waals surface area contributed by atoms with E-state index in [1.807, 2.05) is 48.5 Å². The fourth-order valence-electron chi connectivity index (χ4n) is 3.42. The van der Waals surface area contributed by atoms with Crippen LogP contribution in [-0.2, 0) is 4.74 Å². The highest BCUT2D eigenvalue weighted by molar-refractivity contribution is 6.01. The van der Waals surface area contributed by atoms with E-state index in [0.29, 0.717) is 18.1 Å². The Hall–Kier alpha value is -3.03. The Balaban J connectivity index is 1.50. The number of ether oxygens (including phenoxy) is 2. The Morgan fingerprint density at radius 2 is 1.96 bits per heavy atom. The first-order valence-electron chi connectivity index (χ1n) is 9.43. The van der Waals surface area contributed by atoms with Crippen LogP contribution in [0.1, 0.15) is 0 Å². The smallest absolute Gasteiger partial charge is 0.399 e. The van der Waals surface area contributed by atoms with Gasteiger partial charge in [-0.1, -0.05) is 30.3 Å². The molecule has 0 atom stereocenters. The molecule has 3 aromatic rings. The Labute approximate surface area is 163 Å². The van der Waals surface area contributed by atoms with Gasteiger partial charge in [-0.2, -0.15) is 0 Å². The molecule has 4 rings (SSSR count). The minimum atomic E-state index is -0.482. The first-order valence-corrected chi connectivity index (χ1v) is 9.43. The van der Waals surface area contributed by atoms with Crippen LogP contribution in [0.3, 0.4) is 0 Å².